The van der Waals surface area contributed by atoms with Crippen molar-refractivity contribution in [3.63, 3.8) is 0 Å². The minimum atomic E-state index is -0.325. The molecule has 0 aliphatic heterocycles. The van der Waals surface area contributed by atoms with Crippen LogP contribution in [0.15, 0.2) is 6.33 Å². The highest BCUT2D eigenvalue weighted by Gasteiger charge is 2.12. The summed E-state index contributed by atoms with van der Waals surface area (Å²) in [5.74, 6) is 1.64. The summed E-state index contributed by atoms with van der Waals surface area (Å²) in [4.78, 5) is 4.16. The first kappa shape index (κ1) is 13.5. The molecule has 0 aliphatic carbocycles. The fraction of sp³-hybridized carbons (Fsp3) is 0.818. The van der Waals surface area contributed by atoms with E-state index in [4.69, 9.17) is 0 Å². The molecular formula is C11H21N3OS. The average molecular weight is 243 g/mol. The molecule has 92 valence electrons. The molecule has 1 N–H and O–H groups in total. The molecule has 0 fully saturated rings. The summed E-state index contributed by atoms with van der Waals surface area (Å²) in [7, 11) is 0. The molecule has 2 atom stereocenters. The van der Waals surface area contributed by atoms with Crippen molar-refractivity contribution in [2.75, 3.05) is 5.75 Å². The van der Waals surface area contributed by atoms with Gasteiger partial charge in [-0.15, -0.1) is 0 Å². The zero-order valence-corrected chi connectivity index (χ0v) is 11.1. The van der Waals surface area contributed by atoms with E-state index in [0.29, 0.717) is 11.7 Å². The molecule has 2 unspecified atom stereocenters. The number of aliphatic hydroxyl groups excluding tert-OH is 1. The van der Waals surface area contributed by atoms with Gasteiger partial charge in [-0.05, 0) is 13.3 Å². The molecule has 5 heteroatoms. The van der Waals surface area contributed by atoms with Crippen LogP contribution in [0.3, 0.4) is 0 Å². The highest BCUT2D eigenvalue weighted by atomic mass is 32.2. The number of aryl methyl sites for hydroxylation is 1. The number of nitrogens with zero attached hydrogens (tertiary/aromatic N) is 3. The van der Waals surface area contributed by atoms with Crippen LogP contribution < -0.4 is 0 Å². The van der Waals surface area contributed by atoms with Gasteiger partial charge >= 0.3 is 0 Å². The van der Waals surface area contributed by atoms with Gasteiger partial charge in [-0.3, -0.25) is 4.68 Å². The van der Waals surface area contributed by atoms with E-state index in [0.717, 1.165) is 24.5 Å². The third-order valence-electron chi connectivity index (χ3n) is 2.56. The first-order chi connectivity index (χ1) is 7.67. The summed E-state index contributed by atoms with van der Waals surface area (Å²) in [6.45, 7) is 7.18. The zero-order valence-electron chi connectivity index (χ0n) is 10.3. The Balaban J connectivity index is 2.36. The Labute approximate surface area is 101 Å². The Morgan fingerprint density at radius 1 is 1.50 bits per heavy atom. The Morgan fingerprint density at radius 2 is 2.25 bits per heavy atom. The van der Waals surface area contributed by atoms with E-state index in [1.165, 1.54) is 0 Å². The first-order valence-corrected chi connectivity index (χ1v) is 6.88. The molecule has 0 saturated carbocycles. The van der Waals surface area contributed by atoms with Crippen molar-refractivity contribution in [2.24, 2.45) is 0 Å². The van der Waals surface area contributed by atoms with Crippen molar-refractivity contribution in [3.05, 3.63) is 12.2 Å². The van der Waals surface area contributed by atoms with E-state index in [1.807, 2.05) is 23.4 Å². The van der Waals surface area contributed by atoms with Crippen molar-refractivity contribution in [3.8, 4) is 0 Å². The van der Waals surface area contributed by atoms with Crippen LogP contribution >= 0.6 is 11.8 Å². The molecule has 1 heterocycles. The van der Waals surface area contributed by atoms with Crippen LogP contribution in [0.4, 0.5) is 0 Å². The molecule has 0 radical (unpaired) electrons. The molecule has 4 nitrogen and oxygen atoms in total. The van der Waals surface area contributed by atoms with E-state index in [9.17, 15) is 5.11 Å². The second-order valence-corrected chi connectivity index (χ2v) is 5.37. The second-order valence-electron chi connectivity index (χ2n) is 3.90. The van der Waals surface area contributed by atoms with Crippen LogP contribution in [0.2, 0.25) is 0 Å². The zero-order chi connectivity index (χ0) is 12.0. The third kappa shape index (κ3) is 4.14. The maximum Gasteiger partial charge on any atom is 0.138 e. The van der Waals surface area contributed by atoms with E-state index in [2.05, 4.69) is 23.9 Å². The molecule has 0 bridgehead atoms. The van der Waals surface area contributed by atoms with Gasteiger partial charge in [-0.2, -0.15) is 16.9 Å². The van der Waals surface area contributed by atoms with Crippen LogP contribution in [0, 0.1) is 0 Å². The number of thioether (sulfide) groups is 1. The van der Waals surface area contributed by atoms with Crippen molar-refractivity contribution in [1.82, 2.24) is 14.8 Å². The summed E-state index contributed by atoms with van der Waals surface area (Å²) >= 11 is 1.81. The van der Waals surface area contributed by atoms with Gasteiger partial charge in [0.25, 0.3) is 0 Å². The van der Waals surface area contributed by atoms with Crippen LogP contribution in [-0.2, 0) is 13.0 Å². The maximum absolute atomic E-state index is 9.88. The lowest BCUT2D eigenvalue weighted by Gasteiger charge is -2.13. The van der Waals surface area contributed by atoms with Crippen LogP contribution in [0.25, 0.3) is 0 Å². The molecule has 1 aromatic rings. The van der Waals surface area contributed by atoms with Gasteiger partial charge < -0.3 is 5.11 Å². The van der Waals surface area contributed by atoms with Gasteiger partial charge in [0.15, 0.2) is 0 Å². The van der Waals surface area contributed by atoms with Crippen LogP contribution in [-0.4, -0.2) is 37.0 Å². The molecule has 1 rings (SSSR count). The van der Waals surface area contributed by atoms with Crippen molar-refractivity contribution >= 4 is 11.8 Å². The van der Waals surface area contributed by atoms with Crippen molar-refractivity contribution in [1.29, 1.82) is 0 Å². The van der Waals surface area contributed by atoms with E-state index >= 15 is 0 Å². The Bertz CT molecular complexity index is 303. The van der Waals surface area contributed by atoms with Crippen molar-refractivity contribution in [2.45, 2.75) is 51.5 Å². The largest absolute Gasteiger partial charge is 0.392 e. The minimum absolute atomic E-state index is 0.325. The van der Waals surface area contributed by atoms with E-state index < -0.39 is 0 Å². The van der Waals surface area contributed by atoms with Crippen molar-refractivity contribution < 1.29 is 5.11 Å². The maximum atomic E-state index is 9.88. The summed E-state index contributed by atoms with van der Waals surface area (Å²) in [5, 5.41) is 14.6. The minimum Gasteiger partial charge on any atom is -0.392 e. The second kappa shape index (κ2) is 6.91. The average Bonchev–Trinajstić information content (AvgIpc) is 2.73. The van der Waals surface area contributed by atoms with E-state index in [-0.39, 0.29) is 6.10 Å². The fourth-order valence-corrected chi connectivity index (χ4v) is 2.28. The highest BCUT2D eigenvalue weighted by Crippen LogP contribution is 2.15. The molecule has 0 amide bonds. The first-order valence-electron chi connectivity index (χ1n) is 5.83. The smallest absolute Gasteiger partial charge is 0.138 e. The quantitative estimate of drug-likeness (QED) is 0.792. The normalized spacial score (nSPS) is 15.0. The number of hydrogen-bond acceptors (Lipinski definition) is 4. The standard InChI is InChI=1S/C11H21N3OS/c1-4-9(3)16-7-10(15)6-11-12-8-13-14(11)5-2/h8-10,15H,4-7H2,1-3H3. The van der Waals surface area contributed by atoms with Gasteiger partial charge in [-0.1, -0.05) is 13.8 Å². The number of rotatable bonds is 7. The molecule has 0 aliphatic rings. The predicted molar refractivity (Wildman–Crippen MR) is 67.6 cm³/mol. The Hall–Kier alpha value is -0.550. The van der Waals surface area contributed by atoms with E-state index in [1.54, 1.807) is 6.33 Å². The number of aliphatic hydroxyl groups is 1. The Morgan fingerprint density at radius 3 is 2.88 bits per heavy atom. The SMILES string of the molecule is CCC(C)SCC(O)Cc1ncnn1CC. The van der Waals surface area contributed by atoms with Gasteiger partial charge in [0.1, 0.15) is 12.2 Å². The summed E-state index contributed by atoms with van der Waals surface area (Å²) in [6, 6.07) is 0. The third-order valence-corrected chi connectivity index (χ3v) is 4.04. The fourth-order valence-electron chi connectivity index (χ4n) is 1.37. The lowest BCUT2D eigenvalue weighted by Crippen LogP contribution is -2.18. The molecule has 1 aromatic heterocycles. The lowest BCUT2D eigenvalue weighted by atomic mass is 10.3. The van der Waals surface area contributed by atoms with Gasteiger partial charge in [0.05, 0.1) is 6.10 Å². The molecule has 0 saturated heterocycles. The Kier molecular flexibility index (Phi) is 5.84. The number of hydrogen-bond donors (Lipinski definition) is 1. The monoisotopic (exact) mass is 243 g/mol. The predicted octanol–water partition coefficient (Wildman–Crippen LogP) is 1.73. The molecule has 0 aromatic carbocycles. The van der Waals surface area contributed by atoms with Crippen LogP contribution in [0.1, 0.15) is 33.0 Å². The number of aromatic nitrogens is 3. The van der Waals surface area contributed by atoms with Gasteiger partial charge in [0.2, 0.25) is 0 Å². The summed E-state index contributed by atoms with van der Waals surface area (Å²) < 4.78 is 1.83. The molecule has 16 heavy (non-hydrogen) atoms. The summed E-state index contributed by atoms with van der Waals surface area (Å²) in [5.41, 5.74) is 0. The van der Waals surface area contributed by atoms with Gasteiger partial charge in [0, 0.05) is 24.0 Å². The summed E-state index contributed by atoms with van der Waals surface area (Å²) in [6.07, 6.45) is 2.96. The molecule has 0 spiro atoms. The lowest BCUT2D eigenvalue weighted by molar-refractivity contribution is 0.195. The topological polar surface area (TPSA) is 50.9 Å². The molecular weight excluding hydrogens is 222 g/mol. The van der Waals surface area contributed by atoms with Crippen LogP contribution in [0.5, 0.6) is 0 Å². The van der Waals surface area contributed by atoms with Gasteiger partial charge in [-0.25, -0.2) is 4.98 Å². The highest BCUT2D eigenvalue weighted by molar-refractivity contribution is 7.99.